The van der Waals surface area contributed by atoms with Crippen LogP contribution in [0.25, 0.3) is 0 Å². The highest BCUT2D eigenvalue weighted by molar-refractivity contribution is 7.98. The van der Waals surface area contributed by atoms with Crippen molar-refractivity contribution in [2.75, 3.05) is 38.2 Å². The Bertz CT molecular complexity index is 686. The summed E-state index contributed by atoms with van der Waals surface area (Å²) in [5.74, 6) is 2.12. The van der Waals surface area contributed by atoms with E-state index in [0.717, 1.165) is 56.4 Å². The molecule has 0 spiro atoms. The Morgan fingerprint density at radius 1 is 1.23 bits per heavy atom. The van der Waals surface area contributed by atoms with E-state index in [0.29, 0.717) is 0 Å². The van der Waals surface area contributed by atoms with Crippen LogP contribution in [0.15, 0.2) is 29.0 Å². The minimum absolute atomic E-state index is 0.0911. The average molecular weight is 377 g/mol. The van der Waals surface area contributed by atoms with Gasteiger partial charge in [0.2, 0.25) is 5.91 Å². The van der Waals surface area contributed by atoms with Gasteiger partial charge in [0.05, 0.1) is 5.69 Å². The molecule has 1 fully saturated rings. The lowest BCUT2D eigenvalue weighted by Gasteiger charge is -2.36. The van der Waals surface area contributed by atoms with Gasteiger partial charge in [-0.25, -0.2) is 0 Å². The van der Waals surface area contributed by atoms with Gasteiger partial charge in [0.1, 0.15) is 11.8 Å². The number of nitrogens with zero attached hydrogens (tertiary/aromatic N) is 4. The third-order valence-electron chi connectivity index (χ3n) is 5.11. The lowest BCUT2D eigenvalue weighted by atomic mass is 10.1. The molecule has 1 saturated heterocycles. The minimum Gasteiger partial charge on any atom is -0.361 e. The van der Waals surface area contributed by atoms with Gasteiger partial charge in [-0.2, -0.15) is 11.8 Å². The summed E-state index contributed by atoms with van der Waals surface area (Å²) in [6.07, 6.45) is 6.95. The number of aryl methyl sites for hydroxylation is 2. The topological polar surface area (TPSA) is 54.5 Å². The SMILES string of the molecule is CSCCC(C(=O)N1CCN(Cc2c(C)noc2C)CC1)n1cccc1. The molecule has 0 aromatic carbocycles. The Morgan fingerprint density at radius 3 is 2.50 bits per heavy atom. The van der Waals surface area contributed by atoms with Gasteiger partial charge in [0.15, 0.2) is 0 Å². The summed E-state index contributed by atoms with van der Waals surface area (Å²) in [5, 5.41) is 4.03. The van der Waals surface area contributed by atoms with Crippen LogP contribution in [-0.2, 0) is 11.3 Å². The first-order chi connectivity index (χ1) is 12.6. The Labute approximate surface area is 159 Å². The number of amides is 1. The fourth-order valence-corrected chi connectivity index (χ4v) is 3.93. The molecular weight excluding hydrogens is 348 g/mol. The molecule has 142 valence electrons. The number of rotatable bonds is 7. The molecule has 0 saturated carbocycles. The van der Waals surface area contributed by atoms with Crippen molar-refractivity contribution in [3.63, 3.8) is 0 Å². The minimum atomic E-state index is -0.0911. The maximum atomic E-state index is 13.1. The molecule has 3 rings (SSSR count). The molecule has 1 atom stereocenters. The molecule has 1 aliphatic rings. The number of piperazine rings is 1. The molecule has 2 aromatic rings. The average Bonchev–Trinajstić information content (AvgIpc) is 3.28. The van der Waals surface area contributed by atoms with Crippen LogP contribution in [0.5, 0.6) is 0 Å². The lowest BCUT2D eigenvalue weighted by Crippen LogP contribution is -2.50. The molecule has 6 nitrogen and oxygen atoms in total. The van der Waals surface area contributed by atoms with Gasteiger partial charge in [-0.15, -0.1) is 0 Å². The zero-order valence-electron chi connectivity index (χ0n) is 15.9. The van der Waals surface area contributed by atoms with Gasteiger partial charge in [-0.3, -0.25) is 9.69 Å². The van der Waals surface area contributed by atoms with Gasteiger partial charge in [0, 0.05) is 50.7 Å². The summed E-state index contributed by atoms with van der Waals surface area (Å²) < 4.78 is 7.31. The molecule has 1 unspecified atom stereocenters. The number of carbonyl (C=O) groups excluding carboxylic acids is 1. The van der Waals surface area contributed by atoms with E-state index in [1.54, 1.807) is 11.8 Å². The molecule has 7 heteroatoms. The third-order valence-corrected chi connectivity index (χ3v) is 5.76. The second-order valence-electron chi connectivity index (χ2n) is 6.83. The zero-order valence-corrected chi connectivity index (χ0v) is 16.7. The van der Waals surface area contributed by atoms with Gasteiger partial charge < -0.3 is 14.0 Å². The number of aromatic nitrogens is 2. The second-order valence-corrected chi connectivity index (χ2v) is 7.82. The maximum absolute atomic E-state index is 13.1. The first-order valence-electron chi connectivity index (χ1n) is 9.14. The Kier molecular flexibility index (Phi) is 6.43. The van der Waals surface area contributed by atoms with Gasteiger partial charge >= 0.3 is 0 Å². The highest BCUT2D eigenvalue weighted by Crippen LogP contribution is 2.20. The number of carbonyl (C=O) groups is 1. The van der Waals surface area contributed by atoms with Gasteiger partial charge in [-0.05, 0) is 44.4 Å². The van der Waals surface area contributed by atoms with Crippen LogP contribution in [0, 0.1) is 13.8 Å². The zero-order chi connectivity index (χ0) is 18.5. The van der Waals surface area contributed by atoms with E-state index in [2.05, 4.69) is 20.9 Å². The van der Waals surface area contributed by atoms with E-state index in [-0.39, 0.29) is 11.9 Å². The van der Waals surface area contributed by atoms with Crippen LogP contribution in [0.3, 0.4) is 0 Å². The number of hydrogen-bond acceptors (Lipinski definition) is 5. The van der Waals surface area contributed by atoms with Crippen molar-refractivity contribution < 1.29 is 9.32 Å². The standard InChI is InChI=1S/C19H28N4O2S/c1-15-17(16(2)25-20-15)14-21-9-11-23(12-10-21)19(24)18(6-13-26-3)22-7-4-5-8-22/h4-5,7-8,18H,6,9-14H2,1-3H3. The van der Waals surface area contributed by atoms with Crippen molar-refractivity contribution in [3.05, 3.63) is 41.5 Å². The fourth-order valence-electron chi connectivity index (χ4n) is 3.47. The highest BCUT2D eigenvalue weighted by atomic mass is 32.2. The van der Waals surface area contributed by atoms with Gasteiger partial charge in [0.25, 0.3) is 0 Å². The predicted molar refractivity (Wildman–Crippen MR) is 104 cm³/mol. The Hall–Kier alpha value is -1.73. The first-order valence-corrected chi connectivity index (χ1v) is 10.5. The van der Waals surface area contributed by atoms with E-state index in [9.17, 15) is 4.79 Å². The smallest absolute Gasteiger partial charge is 0.245 e. The molecule has 1 aliphatic heterocycles. The summed E-state index contributed by atoms with van der Waals surface area (Å²) in [4.78, 5) is 17.5. The monoisotopic (exact) mass is 376 g/mol. The first kappa shape index (κ1) is 19.0. The van der Waals surface area contributed by atoms with Crippen LogP contribution >= 0.6 is 11.8 Å². The molecule has 2 aromatic heterocycles. The van der Waals surface area contributed by atoms with Crippen molar-refractivity contribution in [2.24, 2.45) is 0 Å². The van der Waals surface area contributed by atoms with Crippen LogP contribution in [0.2, 0.25) is 0 Å². The van der Waals surface area contributed by atoms with Crippen LogP contribution < -0.4 is 0 Å². The fraction of sp³-hybridized carbons (Fsp3) is 0.579. The Balaban J connectivity index is 1.58. The van der Waals surface area contributed by atoms with Crippen molar-refractivity contribution in [2.45, 2.75) is 32.9 Å². The molecule has 26 heavy (non-hydrogen) atoms. The van der Waals surface area contributed by atoms with E-state index in [1.807, 2.05) is 43.3 Å². The molecule has 0 N–H and O–H groups in total. The van der Waals surface area contributed by atoms with Crippen LogP contribution in [-0.4, -0.2) is 63.6 Å². The van der Waals surface area contributed by atoms with E-state index >= 15 is 0 Å². The largest absolute Gasteiger partial charge is 0.361 e. The van der Waals surface area contributed by atoms with E-state index in [4.69, 9.17) is 4.52 Å². The molecule has 0 aliphatic carbocycles. The Morgan fingerprint density at radius 2 is 1.92 bits per heavy atom. The van der Waals surface area contributed by atoms with Crippen LogP contribution in [0.1, 0.15) is 29.5 Å². The highest BCUT2D eigenvalue weighted by Gasteiger charge is 2.28. The van der Waals surface area contributed by atoms with Crippen LogP contribution in [0.4, 0.5) is 0 Å². The van der Waals surface area contributed by atoms with Crippen molar-refractivity contribution in [1.82, 2.24) is 19.5 Å². The summed E-state index contributed by atoms with van der Waals surface area (Å²) in [6.45, 7) is 8.12. The second kappa shape index (κ2) is 8.77. The number of hydrogen-bond donors (Lipinski definition) is 0. The lowest BCUT2D eigenvalue weighted by molar-refractivity contribution is -0.136. The molecule has 3 heterocycles. The summed E-state index contributed by atoms with van der Waals surface area (Å²) in [7, 11) is 0. The number of thioether (sulfide) groups is 1. The van der Waals surface area contributed by atoms with Crippen molar-refractivity contribution >= 4 is 17.7 Å². The summed E-state index contributed by atoms with van der Waals surface area (Å²) in [5.41, 5.74) is 2.14. The van der Waals surface area contributed by atoms with Crippen molar-refractivity contribution in [1.29, 1.82) is 0 Å². The molecular formula is C19H28N4O2S. The molecule has 0 radical (unpaired) electrons. The van der Waals surface area contributed by atoms with E-state index in [1.165, 1.54) is 5.56 Å². The summed E-state index contributed by atoms with van der Waals surface area (Å²) >= 11 is 1.79. The third kappa shape index (κ3) is 4.32. The molecule has 1 amide bonds. The van der Waals surface area contributed by atoms with E-state index < -0.39 is 0 Å². The quantitative estimate of drug-likeness (QED) is 0.744. The van der Waals surface area contributed by atoms with Crippen molar-refractivity contribution in [3.8, 4) is 0 Å². The normalized spacial score (nSPS) is 16.8. The maximum Gasteiger partial charge on any atom is 0.245 e. The summed E-state index contributed by atoms with van der Waals surface area (Å²) in [6, 6.07) is 3.88. The molecule has 0 bridgehead atoms. The predicted octanol–water partition coefficient (Wildman–Crippen LogP) is 2.73. The van der Waals surface area contributed by atoms with Gasteiger partial charge in [-0.1, -0.05) is 5.16 Å².